The van der Waals surface area contributed by atoms with Gasteiger partial charge < -0.3 is 10.6 Å². The van der Waals surface area contributed by atoms with Gasteiger partial charge in [-0.05, 0) is 38.8 Å². The first-order valence-corrected chi connectivity index (χ1v) is 7.83. The molecular formula is C16H20N6O2. The van der Waals surface area contributed by atoms with E-state index in [4.69, 9.17) is 5.73 Å². The SMILES string of the molecule is Cc1n[nH]c(C)c1C1CCCN1C(=O)Nc1cccc(C(N)=O)n1. The number of urea groups is 1. The maximum Gasteiger partial charge on any atom is 0.323 e. The Morgan fingerprint density at radius 2 is 2.17 bits per heavy atom. The average molecular weight is 328 g/mol. The van der Waals surface area contributed by atoms with Crippen molar-refractivity contribution in [2.45, 2.75) is 32.7 Å². The molecule has 0 aliphatic carbocycles. The van der Waals surface area contributed by atoms with E-state index in [1.165, 1.54) is 6.07 Å². The third kappa shape index (κ3) is 2.94. The van der Waals surface area contributed by atoms with E-state index < -0.39 is 5.91 Å². The molecule has 0 spiro atoms. The second-order valence-corrected chi connectivity index (χ2v) is 5.90. The molecule has 1 saturated heterocycles. The van der Waals surface area contributed by atoms with Gasteiger partial charge in [0.1, 0.15) is 11.5 Å². The van der Waals surface area contributed by atoms with Crippen LogP contribution in [0.25, 0.3) is 0 Å². The first kappa shape index (κ1) is 16.0. The van der Waals surface area contributed by atoms with Gasteiger partial charge in [-0.3, -0.25) is 15.2 Å². The number of aryl methyl sites for hydroxylation is 2. The van der Waals surface area contributed by atoms with E-state index >= 15 is 0 Å². The summed E-state index contributed by atoms with van der Waals surface area (Å²) in [7, 11) is 0. The number of carbonyl (C=O) groups is 2. The van der Waals surface area contributed by atoms with Gasteiger partial charge in [0.2, 0.25) is 0 Å². The van der Waals surface area contributed by atoms with E-state index in [0.717, 1.165) is 29.8 Å². The maximum atomic E-state index is 12.7. The largest absolute Gasteiger partial charge is 0.364 e. The molecule has 8 nitrogen and oxygen atoms in total. The Morgan fingerprint density at radius 1 is 1.38 bits per heavy atom. The van der Waals surface area contributed by atoms with Crippen LogP contribution in [-0.4, -0.2) is 38.6 Å². The number of aromatic nitrogens is 3. The highest BCUT2D eigenvalue weighted by Crippen LogP contribution is 2.35. The summed E-state index contributed by atoms with van der Waals surface area (Å²) in [5.41, 5.74) is 8.30. The van der Waals surface area contributed by atoms with Gasteiger partial charge in [0, 0.05) is 17.8 Å². The fourth-order valence-electron chi connectivity index (χ4n) is 3.18. The minimum absolute atomic E-state index is 0.0110. The molecule has 1 fully saturated rings. The molecule has 3 rings (SSSR count). The number of H-pyrrole nitrogens is 1. The van der Waals surface area contributed by atoms with Crippen LogP contribution in [0.4, 0.5) is 10.6 Å². The summed E-state index contributed by atoms with van der Waals surface area (Å²) in [6.07, 6.45) is 1.82. The molecular weight excluding hydrogens is 308 g/mol. The summed E-state index contributed by atoms with van der Waals surface area (Å²) in [6.45, 7) is 4.56. The van der Waals surface area contributed by atoms with Crippen molar-refractivity contribution in [1.29, 1.82) is 0 Å². The van der Waals surface area contributed by atoms with Gasteiger partial charge in [0.25, 0.3) is 5.91 Å². The number of anilines is 1. The topological polar surface area (TPSA) is 117 Å². The molecule has 8 heteroatoms. The van der Waals surface area contributed by atoms with Gasteiger partial charge in [-0.15, -0.1) is 0 Å². The quantitative estimate of drug-likeness (QED) is 0.797. The molecule has 2 aromatic heterocycles. The van der Waals surface area contributed by atoms with E-state index in [-0.39, 0.29) is 17.8 Å². The van der Waals surface area contributed by atoms with E-state index in [9.17, 15) is 9.59 Å². The lowest BCUT2D eigenvalue weighted by Gasteiger charge is -2.25. The number of likely N-dealkylation sites (tertiary alicyclic amines) is 1. The zero-order chi connectivity index (χ0) is 17.3. The van der Waals surface area contributed by atoms with E-state index in [0.29, 0.717) is 12.4 Å². The molecule has 0 aromatic carbocycles. The van der Waals surface area contributed by atoms with Crippen molar-refractivity contribution < 1.29 is 9.59 Å². The molecule has 0 radical (unpaired) electrons. The third-order valence-corrected chi connectivity index (χ3v) is 4.27. The summed E-state index contributed by atoms with van der Waals surface area (Å²) in [5.74, 6) is -0.322. The number of nitrogens with two attached hydrogens (primary N) is 1. The van der Waals surface area contributed by atoms with Crippen LogP contribution in [0.3, 0.4) is 0 Å². The van der Waals surface area contributed by atoms with Crippen LogP contribution < -0.4 is 11.1 Å². The molecule has 1 aliphatic heterocycles. The van der Waals surface area contributed by atoms with Crippen LogP contribution in [0.15, 0.2) is 18.2 Å². The van der Waals surface area contributed by atoms with E-state index in [2.05, 4.69) is 20.5 Å². The summed E-state index contributed by atoms with van der Waals surface area (Å²) in [5, 5.41) is 9.94. The molecule has 1 atom stereocenters. The summed E-state index contributed by atoms with van der Waals surface area (Å²) < 4.78 is 0. The highest BCUT2D eigenvalue weighted by atomic mass is 16.2. The Hall–Kier alpha value is -2.90. The van der Waals surface area contributed by atoms with Gasteiger partial charge >= 0.3 is 6.03 Å². The minimum atomic E-state index is -0.630. The lowest BCUT2D eigenvalue weighted by molar-refractivity contribution is 0.0995. The number of hydrogen-bond donors (Lipinski definition) is 3. The van der Waals surface area contributed by atoms with Crippen LogP contribution in [0.1, 0.15) is 46.3 Å². The monoisotopic (exact) mass is 328 g/mol. The second-order valence-electron chi connectivity index (χ2n) is 5.90. The summed E-state index contributed by atoms with van der Waals surface area (Å²) >= 11 is 0. The molecule has 3 amide bonds. The van der Waals surface area contributed by atoms with Crippen molar-refractivity contribution in [2.24, 2.45) is 5.73 Å². The van der Waals surface area contributed by atoms with Crippen molar-refractivity contribution in [3.8, 4) is 0 Å². The Morgan fingerprint density at radius 3 is 2.83 bits per heavy atom. The first-order chi connectivity index (χ1) is 11.5. The fourth-order valence-corrected chi connectivity index (χ4v) is 3.18. The zero-order valence-electron chi connectivity index (χ0n) is 13.7. The number of rotatable bonds is 3. The molecule has 1 aliphatic rings. The summed E-state index contributed by atoms with van der Waals surface area (Å²) in [4.78, 5) is 29.7. The first-order valence-electron chi connectivity index (χ1n) is 7.83. The van der Waals surface area contributed by atoms with Crippen LogP contribution >= 0.6 is 0 Å². The van der Waals surface area contributed by atoms with Crippen LogP contribution in [-0.2, 0) is 0 Å². The molecule has 2 aromatic rings. The number of hydrogen-bond acceptors (Lipinski definition) is 4. The number of pyridine rings is 1. The van der Waals surface area contributed by atoms with Crippen LogP contribution in [0.2, 0.25) is 0 Å². The second kappa shape index (κ2) is 6.31. The Labute approximate surface area is 139 Å². The number of aromatic amines is 1. The van der Waals surface area contributed by atoms with Gasteiger partial charge in [-0.25, -0.2) is 9.78 Å². The molecule has 4 N–H and O–H groups in total. The van der Waals surface area contributed by atoms with Crippen molar-refractivity contribution in [1.82, 2.24) is 20.1 Å². The third-order valence-electron chi connectivity index (χ3n) is 4.27. The average Bonchev–Trinajstić information content (AvgIpc) is 3.14. The number of carbonyl (C=O) groups excluding carboxylic acids is 2. The molecule has 24 heavy (non-hydrogen) atoms. The Balaban J connectivity index is 1.79. The van der Waals surface area contributed by atoms with Crippen LogP contribution in [0, 0.1) is 13.8 Å². The molecule has 0 bridgehead atoms. The van der Waals surface area contributed by atoms with Crippen molar-refractivity contribution in [3.63, 3.8) is 0 Å². The predicted octanol–water partition coefficient (Wildman–Crippen LogP) is 1.89. The van der Waals surface area contributed by atoms with Gasteiger partial charge in [-0.1, -0.05) is 6.07 Å². The number of nitrogens with one attached hydrogen (secondary N) is 2. The molecule has 1 unspecified atom stereocenters. The van der Waals surface area contributed by atoms with Crippen LogP contribution in [0.5, 0.6) is 0 Å². The highest BCUT2D eigenvalue weighted by molar-refractivity contribution is 5.93. The fraction of sp³-hybridized carbons (Fsp3) is 0.375. The minimum Gasteiger partial charge on any atom is -0.364 e. The number of amides is 3. The standard InChI is InChI=1S/C16H20N6O2/c1-9-14(10(2)21-20-9)12-6-4-8-22(12)16(24)19-13-7-3-5-11(18-13)15(17)23/h3,5,7,12H,4,6,8H2,1-2H3,(H2,17,23)(H,20,21)(H,18,19,24). The predicted molar refractivity (Wildman–Crippen MR) is 88.5 cm³/mol. The Bertz CT molecular complexity index is 765. The van der Waals surface area contributed by atoms with Crippen molar-refractivity contribution in [3.05, 3.63) is 40.8 Å². The molecule has 3 heterocycles. The van der Waals surface area contributed by atoms with Gasteiger partial charge in [-0.2, -0.15) is 5.10 Å². The lowest BCUT2D eigenvalue weighted by atomic mass is 10.0. The van der Waals surface area contributed by atoms with Crippen molar-refractivity contribution in [2.75, 3.05) is 11.9 Å². The van der Waals surface area contributed by atoms with Gasteiger partial charge in [0.15, 0.2) is 0 Å². The van der Waals surface area contributed by atoms with Crippen molar-refractivity contribution >= 4 is 17.8 Å². The molecule has 0 saturated carbocycles. The zero-order valence-corrected chi connectivity index (χ0v) is 13.7. The highest BCUT2D eigenvalue weighted by Gasteiger charge is 2.33. The maximum absolute atomic E-state index is 12.7. The van der Waals surface area contributed by atoms with E-state index in [1.54, 1.807) is 17.0 Å². The Kier molecular flexibility index (Phi) is 4.20. The van der Waals surface area contributed by atoms with E-state index in [1.807, 2.05) is 13.8 Å². The normalized spacial score (nSPS) is 17.1. The smallest absolute Gasteiger partial charge is 0.323 e. The number of primary amides is 1. The molecule has 126 valence electrons. The summed E-state index contributed by atoms with van der Waals surface area (Å²) in [6, 6.07) is 4.52. The number of nitrogens with zero attached hydrogens (tertiary/aromatic N) is 3. The lowest BCUT2D eigenvalue weighted by Crippen LogP contribution is -2.35. The van der Waals surface area contributed by atoms with Gasteiger partial charge in [0.05, 0.1) is 11.7 Å².